The monoisotopic (exact) mass is 392 g/mol. The summed E-state index contributed by atoms with van der Waals surface area (Å²) < 4.78 is 0.611. The number of nitrogens with zero attached hydrogens (tertiary/aromatic N) is 2. The van der Waals surface area contributed by atoms with Crippen LogP contribution in [0.4, 0.5) is 5.95 Å². The molecule has 3 rings (SSSR count). The van der Waals surface area contributed by atoms with E-state index in [1.807, 2.05) is 0 Å². The molecule has 1 aromatic carbocycles. The number of aromatic amines is 1. The number of aromatic nitrogens is 3. The lowest BCUT2D eigenvalue weighted by atomic mass is 10.1. The highest BCUT2D eigenvalue weighted by atomic mass is 79.9. The number of nitrogens with two attached hydrogens (primary N) is 1. The fourth-order valence-electron chi connectivity index (χ4n) is 2.19. The first-order valence-corrected chi connectivity index (χ1v) is 7.64. The third-order valence-electron chi connectivity index (χ3n) is 3.22. The highest BCUT2D eigenvalue weighted by Crippen LogP contribution is 2.36. The van der Waals surface area contributed by atoms with Gasteiger partial charge in [-0.05, 0) is 34.1 Å². The van der Waals surface area contributed by atoms with Crippen molar-refractivity contribution in [2.75, 3.05) is 5.73 Å². The number of benzene rings is 1. The van der Waals surface area contributed by atoms with Gasteiger partial charge >= 0.3 is 5.97 Å². The summed E-state index contributed by atoms with van der Waals surface area (Å²) in [5.74, 6) is -0.948. The predicted molar refractivity (Wildman–Crippen MR) is 91.3 cm³/mol. The molecule has 0 saturated heterocycles. The maximum absolute atomic E-state index is 11.6. The number of carboxylic acids is 1. The van der Waals surface area contributed by atoms with Crippen LogP contribution in [-0.2, 0) is 0 Å². The standard InChI is InChI=1S/C15H10BrClN4O2/c16-12-7(2-1-3-9(12)17)13-8(14(22)23)6-11(20-13)10-4-5-19-15(18)21-10/h1-6,20H,(H,22,23)(H2,18,19,21). The van der Waals surface area contributed by atoms with E-state index in [9.17, 15) is 9.90 Å². The Morgan fingerprint density at radius 3 is 2.83 bits per heavy atom. The fourth-order valence-corrected chi connectivity index (χ4v) is 2.83. The number of hydrogen-bond acceptors (Lipinski definition) is 4. The first-order chi connectivity index (χ1) is 11.0. The van der Waals surface area contributed by atoms with Crippen LogP contribution in [0, 0.1) is 0 Å². The van der Waals surface area contributed by atoms with Crippen molar-refractivity contribution in [2.24, 2.45) is 0 Å². The zero-order valence-electron chi connectivity index (χ0n) is 11.5. The quantitative estimate of drug-likeness (QED) is 0.627. The number of carbonyl (C=O) groups is 1. The molecular weight excluding hydrogens is 384 g/mol. The molecule has 0 aliphatic carbocycles. The van der Waals surface area contributed by atoms with E-state index in [4.69, 9.17) is 17.3 Å². The van der Waals surface area contributed by atoms with Gasteiger partial charge in [0.1, 0.15) is 0 Å². The molecule has 0 aliphatic rings. The first-order valence-electron chi connectivity index (χ1n) is 6.47. The van der Waals surface area contributed by atoms with E-state index >= 15 is 0 Å². The third kappa shape index (κ3) is 2.93. The van der Waals surface area contributed by atoms with Crippen molar-refractivity contribution in [3.05, 3.63) is 51.6 Å². The molecule has 2 aromatic heterocycles. The first kappa shape index (κ1) is 15.5. The van der Waals surface area contributed by atoms with E-state index in [1.54, 1.807) is 24.3 Å². The summed E-state index contributed by atoms with van der Waals surface area (Å²) >= 11 is 9.48. The number of rotatable bonds is 3. The van der Waals surface area contributed by atoms with Crippen LogP contribution in [0.3, 0.4) is 0 Å². The Bertz CT molecular complexity index is 910. The molecule has 0 bridgehead atoms. The maximum atomic E-state index is 11.6. The third-order valence-corrected chi connectivity index (χ3v) is 4.62. The van der Waals surface area contributed by atoms with Crippen LogP contribution < -0.4 is 5.73 Å². The van der Waals surface area contributed by atoms with Gasteiger partial charge in [-0.15, -0.1) is 0 Å². The van der Waals surface area contributed by atoms with Gasteiger partial charge < -0.3 is 15.8 Å². The van der Waals surface area contributed by atoms with Crippen LogP contribution in [0.15, 0.2) is 41.0 Å². The Balaban J connectivity index is 2.21. The van der Waals surface area contributed by atoms with Crippen LogP contribution >= 0.6 is 27.5 Å². The van der Waals surface area contributed by atoms with Gasteiger partial charge in [-0.25, -0.2) is 14.8 Å². The van der Waals surface area contributed by atoms with Crippen LogP contribution in [0.2, 0.25) is 5.02 Å². The molecule has 2 heterocycles. The fraction of sp³-hybridized carbons (Fsp3) is 0. The summed E-state index contributed by atoms with van der Waals surface area (Å²) in [4.78, 5) is 22.6. The molecule has 0 atom stereocenters. The molecule has 0 amide bonds. The Labute approximate surface area is 144 Å². The normalized spacial score (nSPS) is 10.7. The Morgan fingerprint density at radius 2 is 2.13 bits per heavy atom. The SMILES string of the molecule is Nc1nccc(-c2cc(C(=O)O)c(-c3cccc(Cl)c3Br)[nH]2)n1. The summed E-state index contributed by atoms with van der Waals surface area (Å²) in [7, 11) is 0. The summed E-state index contributed by atoms with van der Waals surface area (Å²) in [6, 6.07) is 8.38. The second-order valence-electron chi connectivity index (χ2n) is 4.68. The van der Waals surface area contributed by atoms with E-state index < -0.39 is 5.97 Å². The molecule has 0 radical (unpaired) electrons. The summed E-state index contributed by atoms with van der Waals surface area (Å²) in [5, 5.41) is 9.96. The van der Waals surface area contributed by atoms with Crippen molar-refractivity contribution in [2.45, 2.75) is 0 Å². The summed E-state index contributed by atoms with van der Waals surface area (Å²) in [6.07, 6.45) is 1.51. The number of anilines is 1. The van der Waals surface area contributed by atoms with Crippen molar-refractivity contribution < 1.29 is 9.90 Å². The molecule has 0 aliphatic heterocycles. The van der Waals surface area contributed by atoms with Gasteiger partial charge in [0.15, 0.2) is 0 Å². The maximum Gasteiger partial charge on any atom is 0.337 e. The summed E-state index contributed by atoms with van der Waals surface area (Å²) in [6.45, 7) is 0. The Hall–Kier alpha value is -2.38. The zero-order chi connectivity index (χ0) is 16.6. The lowest BCUT2D eigenvalue weighted by Gasteiger charge is -2.06. The van der Waals surface area contributed by atoms with Gasteiger partial charge in [0.2, 0.25) is 5.95 Å². The number of aromatic carboxylic acids is 1. The van der Waals surface area contributed by atoms with E-state index in [0.717, 1.165) is 0 Å². The van der Waals surface area contributed by atoms with Gasteiger partial charge in [-0.1, -0.05) is 23.7 Å². The van der Waals surface area contributed by atoms with Gasteiger partial charge in [-0.3, -0.25) is 0 Å². The summed E-state index contributed by atoms with van der Waals surface area (Å²) in [5.41, 5.74) is 7.79. The van der Waals surface area contributed by atoms with Crippen LogP contribution in [0.1, 0.15) is 10.4 Å². The molecule has 4 N–H and O–H groups in total. The van der Waals surface area contributed by atoms with Crippen LogP contribution in [0.25, 0.3) is 22.6 Å². The Morgan fingerprint density at radius 1 is 1.35 bits per heavy atom. The molecule has 0 spiro atoms. The molecule has 116 valence electrons. The van der Waals surface area contributed by atoms with Gasteiger partial charge in [-0.2, -0.15) is 0 Å². The largest absolute Gasteiger partial charge is 0.478 e. The van der Waals surface area contributed by atoms with Crippen molar-refractivity contribution in [3.8, 4) is 22.6 Å². The number of carboxylic acid groups (broad SMARTS) is 1. The van der Waals surface area contributed by atoms with Gasteiger partial charge in [0.25, 0.3) is 0 Å². The number of nitrogen functional groups attached to an aromatic ring is 1. The second-order valence-corrected chi connectivity index (χ2v) is 5.88. The predicted octanol–water partition coefficient (Wildman–Crippen LogP) is 3.84. The van der Waals surface area contributed by atoms with Crippen LogP contribution in [0.5, 0.6) is 0 Å². The van der Waals surface area contributed by atoms with Crippen molar-refractivity contribution >= 4 is 39.4 Å². The lowest BCUT2D eigenvalue weighted by Crippen LogP contribution is -1.97. The van der Waals surface area contributed by atoms with E-state index in [0.29, 0.717) is 32.1 Å². The van der Waals surface area contributed by atoms with Crippen molar-refractivity contribution in [3.63, 3.8) is 0 Å². The highest BCUT2D eigenvalue weighted by Gasteiger charge is 2.20. The molecular formula is C15H10BrClN4O2. The molecule has 0 unspecified atom stereocenters. The number of nitrogens with one attached hydrogen (secondary N) is 1. The van der Waals surface area contributed by atoms with E-state index in [1.165, 1.54) is 12.3 Å². The molecule has 3 aromatic rings. The minimum absolute atomic E-state index is 0.111. The van der Waals surface area contributed by atoms with Crippen molar-refractivity contribution in [1.82, 2.24) is 15.0 Å². The lowest BCUT2D eigenvalue weighted by molar-refractivity contribution is 0.0698. The number of hydrogen-bond donors (Lipinski definition) is 3. The average molecular weight is 394 g/mol. The number of halogens is 2. The molecule has 8 heteroatoms. The van der Waals surface area contributed by atoms with Gasteiger partial charge in [0.05, 0.1) is 27.7 Å². The van der Waals surface area contributed by atoms with E-state index in [-0.39, 0.29) is 11.5 Å². The molecule has 0 saturated carbocycles. The second kappa shape index (κ2) is 6.02. The molecule has 23 heavy (non-hydrogen) atoms. The minimum Gasteiger partial charge on any atom is -0.478 e. The smallest absolute Gasteiger partial charge is 0.337 e. The number of H-pyrrole nitrogens is 1. The topological polar surface area (TPSA) is 105 Å². The minimum atomic E-state index is -1.06. The van der Waals surface area contributed by atoms with Crippen molar-refractivity contribution in [1.29, 1.82) is 0 Å². The molecule has 6 nitrogen and oxygen atoms in total. The van der Waals surface area contributed by atoms with E-state index in [2.05, 4.69) is 30.9 Å². The average Bonchev–Trinajstić information content (AvgIpc) is 2.95. The van der Waals surface area contributed by atoms with Gasteiger partial charge in [0, 0.05) is 16.2 Å². The molecule has 0 fully saturated rings. The zero-order valence-corrected chi connectivity index (χ0v) is 13.9. The Kier molecular flexibility index (Phi) is 4.06. The highest BCUT2D eigenvalue weighted by molar-refractivity contribution is 9.10. The van der Waals surface area contributed by atoms with Crippen LogP contribution in [-0.4, -0.2) is 26.0 Å².